The minimum Gasteiger partial charge on any atom is -0.445 e. The molecule has 1 amide bonds. The van der Waals surface area contributed by atoms with Crippen LogP contribution < -0.4 is 5.32 Å². The summed E-state index contributed by atoms with van der Waals surface area (Å²) in [4.78, 5) is 12.0. The highest BCUT2D eigenvalue weighted by Crippen LogP contribution is 2.58. The highest BCUT2D eigenvalue weighted by Gasteiger charge is 2.55. The molecule has 112 valence electrons. The highest BCUT2D eigenvalue weighted by atomic mass is 16.5. The number of carbonyl (C=O) groups is 1. The van der Waals surface area contributed by atoms with E-state index < -0.39 is 0 Å². The minimum atomic E-state index is -0.314. The molecule has 1 N–H and O–H groups in total. The largest absolute Gasteiger partial charge is 0.445 e. The lowest BCUT2D eigenvalue weighted by atomic mass is 9.73. The van der Waals surface area contributed by atoms with Gasteiger partial charge in [-0.3, -0.25) is 0 Å². The zero-order valence-corrected chi connectivity index (χ0v) is 12.8. The van der Waals surface area contributed by atoms with Gasteiger partial charge in [0.1, 0.15) is 6.61 Å². The molecule has 2 bridgehead atoms. The number of carbonyl (C=O) groups excluding carboxylic acids is 1. The van der Waals surface area contributed by atoms with Gasteiger partial charge in [0.15, 0.2) is 0 Å². The molecule has 21 heavy (non-hydrogen) atoms. The number of amides is 1. The van der Waals surface area contributed by atoms with Gasteiger partial charge in [-0.05, 0) is 29.7 Å². The Hall–Kier alpha value is -1.77. The topological polar surface area (TPSA) is 38.3 Å². The van der Waals surface area contributed by atoms with Crippen LogP contribution in [0.3, 0.4) is 0 Å². The van der Waals surface area contributed by atoms with Crippen LogP contribution in [0, 0.1) is 17.3 Å². The molecular weight excluding hydrogens is 262 g/mol. The monoisotopic (exact) mass is 285 g/mol. The second-order valence-electron chi connectivity index (χ2n) is 6.77. The number of hydrogen-bond acceptors (Lipinski definition) is 2. The quantitative estimate of drug-likeness (QED) is 0.855. The first kappa shape index (κ1) is 14.2. The van der Waals surface area contributed by atoms with Crippen LogP contribution in [0.2, 0.25) is 0 Å². The molecule has 2 fully saturated rings. The molecule has 0 saturated heterocycles. The maximum Gasteiger partial charge on any atom is 0.407 e. The third-order valence-corrected chi connectivity index (χ3v) is 5.36. The van der Waals surface area contributed by atoms with Crippen molar-refractivity contribution in [2.45, 2.75) is 39.3 Å². The second-order valence-corrected chi connectivity index (χ2v) is 6.77. The average Bonchev–Trinajstić information content (AvgIpc) is 2.95. The van der Waals surface area contributed by atoms with Gasteiger partial charge < -0.3 is 10.1 Å². The number of fused-ring (bicyclic) bond motifs is 2. The molecule has 3 unspecified atom stereocenters. The minimum absolute atomic E-state index is 0.125. The van der Waals surface area contributed by atoms with Crippen LogP contribution >= 0.6 is 0 Å². The van der Waals surface area contributed by atoms with Crippen molar-refractivity contribution in [3.63, 3.8) is 0 Å². The van der Waals surface area contributed by atoms with Crippen molar-refractivity contribution in [2.75, 3.05) is 0 Å². The van der Waals surface area contributed by atoms with Crippen LogP contribution in [0.1, 0.15) is 32.3 Å². The van der Waals surface area contributed by atoms with E-state index in [0.717, 1.165) is 12.0 Å². The fourth-order valence-corrected chi connectivity index (χ4v) is 4.02. The molecule has 0 aliphatic heterocycles. The Balaban J connectivity index is 1.58. The summed E-state index contributed by atoms with van der Waals surface area (Å²) in [5.41, 5.74) is 2.42. The van der Waals surface area contributed by atoms with Crippen LogP contribution in [0.5, 0.6) is 0 Å². The predicted octanol–water partition coefficient (Wildman–Crippen LogP) is 3.90. The van der Waals surface area contributed by atoms with Crippen molar-refractivity contribution >= 4 is 6.09 Å². The van der Waals surface area contributed by atoms with Gasteiger partial charge in [0.25, 0.3) is 0 Å². The summed E-state index contributed by atoms with van der Waals surface area (Å²) in [7, 11) is 0. The summed E-state index contributed by atoms with van der Waals surface area (Å²) in [6, 6.07) is 9.94. The van der Waals surface area contributed by atoms with E-state index in [0.29, 0.717) is 18.4 Å². The van der Waals surface area contributed by atoms with Gasteiger partial charge in [-0.25, -0.2) is 4.79 Å². The normalized spacial score (nSPS) is 29.4. The molecule has 3 rings (SSSR count). The summed E-state index contributed by atoms with van der Waals surface area (Å²) in [5, 5.41) is 3.08. The van der Waals surface area contributed by atoms with Crippen molar-refractivity contribution in [3.8, 4) is 0 Å². The van der Waals surface area contributed by atoms with Crippen molar-refractivity contribution in [2.24, 2.45) is 17.3 Å². The Bertz CT molecular complexity index is 550. The molecule has 2 aliphatic carbocycles. The fourth-order valence-electron chi connectivity index (χ4n) is 4.02. The number of benzene rings is 1. The maximum absolute atomic E-state index is 12.0. The van der Waals surface area contributed by atoms with Gasteiger partial charge in [-0.15, -0.1) is 0 Å². The first-order valence-electron chi connectivity index (χ1n) is 7.66. The van der Waals surface area contributed by atoms with Gasteiger partial charge in [-0.1, -0.05) is 56.3 Å². The standard InChI is InChI=1S/C18H23NO2/c1-12-14-9-10-15(18(12,2)3)16(14)19-17(20)21-11-13-7-5-4-6-8-13/h4-8,14-16H,1,9-11H2,2-3H3,(H,19,20). The lowest BCUT2D eigenvalue weighted by molar-refractivity contribution is 0.131. The van der Waals surface area contributed by atoms with E-state index in [-0.39, 0.29) is 17.6 Å². The summed E-state index contributed by atoms with van der Waals surface area (Å²) < 4.78 is 5.34. The Morgan fingerprint density at radius 2 is 2.05 bits per heavy atom. The lowest BCUT2D eigenvalue weighted by Crippen LogP contribution is -2.39. The molecule has 0 heterocycles. The third-order valence-electron chi connectivity index (χ3n) is 5.36. The summed E-state index contributed by atoms with van der Waals surface area (Å²) in [6.45, 7) is 9.05. The molecule has 2 aliphatic rings. The molecule has 3 nitrogen and oxygen atoms in total. The van der Waals surface area contributed by atoms with E-state index in [1.807, 2.05) is 30.3 Å². The van der Waals surface area contributed by atoms with E-state index >= 15 is 0 Å². The molecule has 0 aromatic heterocycles. The summed E-state index contributed by atoms with van der Waals surface area (Å²) >= 11 is 0. The summed E-state index contributed by atoms with van der Waals surface area (Å²) in [6.07, 6.45) is 1.99. The number of rotatable bonds is 3. The van der Waals surface area contributed by atoms with E-state index in [2.05, 4.69) is 25.7 Å². The highest BCUT2D eigenvalue weighted by molar-refractivity contribution is 5.68. The number of alkyl carbamates (subject to hydrolysis) is 1. The predicted molar refractivity (Wildman–Crippen MR) is 82.7 cm³/mol. The molecule has 1 aromatic rings. The zero-order chi connectivity index (χ0) is 15.0. The Morgan fingerprint density at radius 1 is 1.33 bits per heavy atom. The van der Waals surface area contributed by atoms with Gasteiger partial charge in [0.2, 0.25) is 0 Å². The van der Waals surface area contributed by atoms with Gasteiger partial charge in [0.05, 0.1) is 0 Å². The van der Waals surface area contributed by atoms with E-state index in [4.69, 9.17) is 4.74 Å². The first-order valence-corrected chi connectivity index (χ1v) is 7.66. The SMILES string of the molecule is C=C1C2CCC(C2NC(=O)OCc2ccccc2)C1(C)C. The van der Waals surface area contributed by atoms with Crippen molar-refractivity contribution in [1.82, 2.24) is 5.32 Å². The molecular formula is C18H23NO2. The number of ether oxygens (including phenoxy) is 1. The van der Waals surface area contributed by atoms with E-state index in [9.17, 15) is 4.79 Å². The lowest BCUT2D eigenvalue weighted by Gasteiger charge is -2.31. The van der Waals surface area contributed by atoms with Crippen LogP contribution in [0.15, 0.2) is 42.5 Å². The fraction of sp³-hybridized carbons (Fsp3) is 0.500. The average molecular weight is 285 g/mol. The molecule has 3 atom stereocenters. The van der Waals surface area contributed by atoms with Crippen molar-refractivity contribution in [1.29, 1.82) is 0 Å². The van der Waals surface area contributed by atoms with Crippen LogP contribution in [-0.4, -0.2) is 12.1 Å². The van der Waals surface area contributed by atoms with Crippen LogP contribution in [-0.2, 0) is 11.3 Å². The van der Waals surface area contributed by atoms with Gasteiger partial charge in [-0.2, -0.15) is 0 Å². The zero-order valence-electron chi connectivity index (χ0n) is 12.8. The molecule has 3 heteroatoms. The third kappa shape index (κ3) is 2.45. The smallest absolute Gasteiger partial charge is 0.407 e. The van der Waals surface area contributed by atoms with Crippen molar-refractivity contribution < 1.29 is 9.53 Å². The van der Waals surface area contributed by atoms with Crippen LogP contribution in [0.4, 0.5) is 4.79 Å². The Kier molecular flexibility index (Phi) is 3.52. The van der Waals surface area contributed by atoms with E-state index in [1.165, 1.54) is 12.0 Å². The first-order chi connectivity index (χ1) is 10.00. The molecule has 2 saturated carbocycles. The Morgan fingerprint density at radius 3 is 2.67 bits per heavy atom. The van der Waals surface area contributed by atoms with Gasteiger partial charge in [0, 0.05) is 12.0 Å². The molecule has 0 spiro atoms. The van der Waals surface area contributed by atoms with Crippen LogP contribution in [0.25, 0.3) is 0 Å². The summed E-state index contributed by atoms with van der Waals surface area (Å²) in [5.74, 6) is 0.897. The van der Waals surface area contributed by atoms with E-state index in [1.54, 1.807) is 0 Å². The molecule has 1 aromatic carbocycles. The molecule has 0 radical (unpaired) electrons. The number of nitrogens with one attached hydrogen (secondary N) is 1. The maximum atomic E-state index is 12.0. The van der Waals surface area contributed by atoms with Gasteiger partial charge >= 0.3 is 6.09 Å². The number of hydrogen-bond donors (Lipinski definition) is 1. The Labute approximate surface area is 126 Å². The van der Waals surface area contributed by atoms with Crippen molar-refractivity contribution in [3.05, 3.63) is 48.0 Å². The second kappa shape index (κ2) is 5.21.